The van der Waals surface area contributed by atoms with Crippen LogP contribution in [-0.4, -0.2) is 42.7 Å². The third-order valence-electron chi connectivity index (χ3n) is 4.29. The summed E-state index contributed by atoms with van der Waals surface area (Å²) < 4.78 is 11.3. The largest absolute Gasteiger partial charge is 0.484 e. The second-order valence-electron chi connectivity index (χ2n) is 5.47. The van der Waals surface area contributed by atoms with Gasteiger partial charge in [0.25, 0.3) is 5.91 Å². The Morgan fingerprint density at radius 3 is 2.85 bits per heavy atom. The number of hydrogen-bond donors (Lipinski definition) is 0. The molecule has 0 N–H and O–H groups in total. The zero-order chi connectivity index (χ0) is 13.9. The first-order valence-electron chi connectivity index (χ1n) is 7.38. The van der Waals surface area contributed by atoms with E-state index in [0.717, 1.165) is 25.3 Å². The summed E-state index contributed by atoms with van der Waals surface area (Å²) in [5.74, 6) is 1.33. The number of piperidine rings is 1. The lowest BCUT2D eigenvalue weighted by atomic mass is 10.1. The topological polar surface area (TPSA) is 38.8 Å². The molecular formula is C16H21NO3. The quantitative estimate of drug-likeness (QED) is 0.826. The highest BCUT2D eigenvalue weighted by Crippen LogP contribution is 2.39. The highest BCUT2D eigenvalue weighted by atomic mass is 16.5. The fraction of sp³-hybridized carbons (Fsp3) is 0.562. The summed E-state index contributed by atoms with van der Waals surface area (Å²) in [5.41, 5.74) is 0. The number of para-hydroxylation sites is 1. The molecule has 0 spiro atoms. The summed E-state index contributed by atoms with van der Waals surface area (Å²) in [6.07, 6.45) is 2.48. The van der Waals surface area contributed by atoms with Crippen LogP contribution in [0.2, 0.25) is 0 Å². The van der Waals surface area contributed by atoms with E-state index in [4.69, 9.17) is 9.47 Å². The maximum atomic E-state index is 12.3. The van der Waals surface area contributed by atoms with Gasteiger partial charge in [-0.15, -0.1) is 0 Å². The van der Waals surface area contributed by atoms with Crippen LogP contribution < -0.4 is 4.74 Å². The van der Waals surface area contributed by atoms with Gasteiger partial charge < -0.3 is 14.4 Å². The average molecular weight is 275 g/mol. The number of likely N-dealkylation sites (tertiary alicyclic amines) is 1. The van der Waals surface area contributed by atoms with E-state index in [1.54, 1.807) is 0 Å². The Bertz CT molecular complexity index is 462. The minimum atomic E-state index is 0.0748. The number of carbonyl (C=O) groups excluding carboxylic acids is 1. The predicted molar refractivity (Wildman–Crippen MR) is 75.6 cm³/mol. The van der Waals surface area contributed by atoms with E-state index in [-0.39, 0.29) is 24.7 Å². The van der Waals surface area contributed by atoms with Crippen LogP contribution >= 0.6 is 0 Å². The van der Waals surface area contributed by atoms with Crippen molar-refractivity contribution < 1.29 is 14.3 Å². The first kappa shape index (κ1) is 13.4. The molecule has 1 aromatic rings. The number of hydrogen-bond acceptors (Lipinski definition) is 3. The molecule has 1 heterocycles. The van der Waals surface area contributed by atoms with E-state index < -0.39 is 0 Å². The molecule has 1 aliphatic heterocycles. The number of fused-ring (bicyclic) bond motifs is 2. The summed E-state index contributed by atoms with van der Waals surface area (Å²) in [4.78, 5) is 14.3. The van der Waals surface area contributed by atoms with Gasteiger partial charge in [0.15, 0.2) is 6.61 Å². The van der Waals surface area contributed by atoms with Crippen molar-refractivity contribution in [1.82, 2.24) is 4.90 Å². The second kappa shape index (κ2) is 5.83. The zero-order valence-corrected chi connectivity index (χ0v) is 11.8. The Kier molecular flexibility index (Phi) is 3.92. The van der Waals surface area contributed by atoms with Gasteiger partial charge in [-0.1, -0.05) is 18.2 Å². The summed E-state index contributed by atoms with van der Waals surface area (Å²) >= 11 is 0. The van der Waals surface area contributed by atoms with Crippen molar-refractivity contribution in [2.24, 2.45) is 5.92 Å². The molecule has 2 fully saturated rings. The third kappa shape index (κ3) is 2.52. The van der Waals surface area contributed by atoms with Crippen molar-refractivity contribution in [3.63, 3.8) is 0 Å². The van der Waals surface area contributed by atoms with E-state index in [2.05, 4.69) is 0 Å². The number of benzene rings is 1. The fourth-order valence-corrected chi connectivity index (χ4v) is 3.42. The van der Waals surface area contributed by atoms with Crippen LogP contribution in [0.25, 0.3) is 0 Å². The van der Waals surface area contributed by atoms with Crippen LogP contribution in [0, 0.1) is 5.92 Å². The highest BCUT2D eigenvalue weighted by Gasteiger charge is 2.49. The van der Waals surface area contributed by atoms with Crippen LogP contribution in [0.15, 0.2) is 30.3 Å². The predicted octanol–water partition coefficient (Wildman–Crippen LogP) is 2.09. The summed E-state index contributed by atoms with van der Waals surface area (Å²) in [6, 6.07) is 9.73. The Morgan fingerprint density at radius 1 is 1.30 bits per heavy atom. The van der Waals surface area contributed by atoms with E-state index in [1.165, 1.54) is 6.42 Å². The van der Waals surface area contributed by atoms with E-state index in [0.29, 0.717) is 5.92 Å². The number of nitrogens with zero attached hydrogens (tertiary/aromatic N) is 1. The Labute approximate surface area is 119 Å². The first-order valence-corrected chi connectivity index (χ1v) is 7.38. The van der Waals surface area contributed by atoms with Gasteiger partial charge in [-0.2, -0.15) is 0 Å². The standard InChI is InChI=1S/C16H21NO3/c1-2-19-16-12-8-9-14(16)17(10-12)15(18)11-20-13-6-4-3-5-7-13/h3-7,12,14,16H,2,8-11H2,1H3/t12-,14+,16-/m0/s1. The zero-order valence-electron chi connectivity index (χ0n) is 11.8. The molecule has 3 atom stereocenters. The molecule has 108 valence electrons. The van der Waals surface area contributed by atoms with E-state index in [1.807, 2.05) is 42.2 Å². The molecule has 2 aliphatic rings. The molecule has 1 saturated heterocycles. The number of rotatable bonds is 5. The Balaban J connectivity index is 1.56. The molecule has 2 bridgehead atoms. The van der Waals surface area contributed by atoms with Crippen LogP contribution in [0.4, 0.5) is 0 Å². The lowest BCUT2D eigenvalue weighted by Gasteiger charge is -2.27. The van der Waals surface area contributed by atoms with Gasteiger partial charge in [0.2, 0.25) is 0 Å². The molecule has 1 aliphatic carbocycles. The Morgan fingerprint density at radius 2 is 2.10 bits per heavy atom. The summed E-state index contributed by atoms with van der Waals surface area (Å²) in [7, 11) is 0. The Hall–Kier alpha value is -1.55. The lowest BCUT2D eigenvalue weighted by Crippen LogP contribution is -2.42. The van der Waals surface area contributed by atoms with Crippen LogP contribution in [0.1, 0.15) is 19.8 Å². The molecular weight excluding hydrogens is 254 g/mol. The van der Waals surface area contributed by atoms with Crippen LogP contribution in [-0.2, 0) is 9.53 Å². The molecule has 4 nitrogen and oxygen atoms in total. The number of carbonyl (C=O) groups is 1. The molecule has 1 amide bonds. The van der Waals surface area contributed by atoms with Crippen molar-refractivity contribution in [2.45, 2.75) is 31.9 Å². The highest BCUT2D eigenvalue weighted by molar-refractivity contribution is 5.78. The molecule has 3 rings (SSSR count). The second-order valence-corrected chi connectivity index (χ2v) is 5.47. The smallest absolute Gasteiger partial charge is 0.260 e. The molecule has 0 aromatic heterocycles. The summed E-state index contributed by atoms with van der Waals surface area (Å²) in [5, 5.41) is 0. The summed E-state index contributed by atoms with van der Waals surface area (Å²) in [6.45, 7) is 3.68. The van der Waals surface area contributed by atoms with E-state index in [9.17, 15) is 4.79 Å². The third-order valence-corrected chi connectivity index (χ3v) is 4.29. The van der Waals surface area contributed by atoms with Crippen LogP contribution in [0.3, 0.4) is 0 Å². The molecule has 20 heavy (non-hydrogen) atoms. The monoisotopic (exact) mass is 275 g/mol. The van der Waals surface area contributed by atoms with Gasteiger partial charge in [0.05, 0.1) is 12.1 Å². The maximum Gasteiger partial charge on any atom is 0.260 e. The van der Waals surface area contributed by atoms with Crippen molar-refractivity contribution in [2.75, 3.05) is 19.8 Å². The van der Waals surface area contributed by atoms with Gasteiger partial charge >= 0.3 is 0 Å². The minimum Gasteiger partial charge on any atom is -0.484 e. The fourth-order valence-electron chi connectivity index (χ4n) is 3.42. The van der Waals surface area contributed by atoms with Gasteiger partial charge in [-0.3, -0.25) is 4.79 Å². The normalized spacial score (nSPS) is 27.9. The SMILES string of the molecule is CCO[C@H]1[C@H]2CC[C@H]1N(C(=O)COc1ccccc1)C2. The van der Waals surface area contributed by atoms with Gasteiger partial charge in [-0.05, 0) is 31.9 Å². The van der Waals surface area contributed by atoms with Crippen molar-refractivity contribution in [3.05, 3.63) is 30.3 Å². The molecule has 1 saturated carbocycles. The number of ether oxygens (including phenoxy) is 2. The lowest BCUT2D eigenvalue weighted by molar-refractivity contribution is -0.135. The van der Waals surface area contributed by atoms with Gasteiger partial charge in [0, 0.05) is 19.1 Å². The average Bonchev–Trinajstić information content (AvgIpc) is 3.03. The van der Waals surface area contributed by atoms with Gasteiger partial charge in [-0.25, -0.2) is 0 Å². The first-order chi connectivity index (χ1) is 9.79. The van der Waals surface area contributed by atoms with E-state index >= 15 is 0 Å². The molecule has 1 aromatic carbocycles. The molecule has 0 unspecified atom stereocenters. The van der Waals surface area contributed by atoms with Gasteiger partial charge in [0.1, 0.15) is 5.75 Å². The number of amides is 1. The van der Waals surface area contributed by atoms with Crippen molar-refractivity contribution >= 4 is 5.91 Å². The minimum absolute atomic E-state index is 0.0748. The van der Waals surface area contributed by atoms with Crippen molar-refractivity contribution in [3.8, 4) is 5.75 Å². The van der Waals surface area contributed by atoms with Crippen molar-refractivity contribution in [1.29, 1.82) is 0 Å². The maximum absolute atomic E-state index is 12.3. The molecule has 4 heteroatoms. The molecule has 0 radical (unpaired) electrons. The van der Waals surface area contributed by atoms with Crippen LogP contribution in [0.5, 0.6) is 5.75 Å².